The van der Waals surface area contributed by atoms with Crippen LogP contribution in [0.2, 0.25) is 0 Å². The van der Waals surface area contributed by atoms with Crippen molar-refractivity contribution in [3.8, 4) is 0 Å². The highest BCUT2D eigenvalue weighted by Crippen LogP contribution is 2.40. The molecule has 0 aromatic heterocycles. The third-order valence-corrected chi connectivity index (χ3v) is 6.32. The number of fused-ring (bicyclic) bond motifs is 1. The number of allylic oxidation sites excluding steroid dienone is 1. The largest absolute Gasteiger partial charge is 0.314 e. The topological polar surface area (TPSA) is 54.5 Å². The minimum absolute atomic E-state index is 0.131. The van der Waals surface area contributed by atoms with Crippen molar-refractivity contribution in [3.05, 3.63) is 101 Å². The van der Waals surface area contributed by atoms with Gasteiger partial charge in [-0.25, -0.2) is 8.42 Å². The van der Waals surface area contributed by atoms with Crippen molar-refractivity contribution in [2.24, 2.45) is 0 Å². The van der Waals surface area contributed by atoms with Crippen molar-refractivity contribution >= 4 is 27.0 Å². The summed E-state index contributed by atoms with van der Waals surface area (Å²) in [7, 11) is -3.91. The molecule has 0 atom stereocenters. The molecule has 0 radical (unpaired) electrons. The Morgan fingerprint density at radius 3 is 2.15 bits per heavy atom. The fourth-order valence-corrected chi connectivity index (χ4v) is 4.63. The smallest absolute Gasteiger partial charge is 0.214 e. The van der Waals surface area contributed by atoms with Gasteiger partial charge in [0.1, 0.15) is 4.91 Å². The van der Waals surface area contributed by atoms with Crippen LogP contribution in [0.25, 0.3) is 0 Å². The molecule has 3 aromatic rings. The molecular formula is C22H17NO3S. The van der Waals surface area contributed by atoms with Crippen LogP contribution in [-0.2, 0) is 9.84 Å². The molecule has 1 aliphatic rings. The summed E-state index contributed by atoms with van der Waals surface area (Å²) < 4.78 is 26.3. The Kier molecular flexibility index (Phi) is 4.16. The lowest BCUT2D eigenvalue weighted by molar-refractivity contribution is 0.104. The Hall–Kier alpha value is -3.18. The van der Waals surface area contributed by atoms with Crippen LogP contribution in [0.5, 0.6) is 0 Å². The number of hydrogen-bond acceptors (Lipinski definition) is 4. The summed E-state index contributed by atoms with van der Waals surface area (Å²) in [5.74, 6) is -0.509. The lowest BCUT2D eigenvalue weighted by Gasteiger charge is -2.28. The van der Waals surface area contributed by atoms with Gasteiger partial charge in [-0.1, -0.05) is 60.2 Å². The monoisotopic (exact) mass is 375 g/mol. The van der Waals surface area contributed by atoms with E-state index >= 15 is 0 Å². The van der Waals surface area contributed by atoms with Crippen LogP contribution >= 0.6 is 0 Å². The first-order valence-electron chi connectivity index (χ1n) is 8.50. The second-order valence-electron chi connectivity index (χ2n) is 6.37. The first-order valence-corrected chi connectivity index (χ1v) is 9.98. The number of anilines is 2. The number of ketones is 1. The number of Topliss-reactive ketones (excluding diaryl/α,β-unsaturated/α-hetero) is 1. The molecule has 0 unspecified atom stereocenters. The quantitative estimate of drug-likeness (QED) is 0.626. The van der Waals surface area contributed by atoms with E-state index in [-0.39, 0.29) is 9.80 Å². The highest BCUT2D eigenvalue weighted by atomic mass is 32.2. The predicted octanol–water partition coefficient (Wildman–Crippen LogP) is 4.64. The molecule has 1 heterocycles. The highest BCUT2D eigenvalue weighted by molar-refractivity contribution is 7.96. The van der Waals surface area contributed by atoms with Crippen LogP contribution in [0.1, 0.15) is 15.9 Å². The van der Waals surface area contributed by atoms with Crippen molar-refractivity contribution in [1.82, 2.24) is 0 Å². The third kappa shape index (κ3) is 2.96. The van der Waals surface area contributed by atoms with Crippen LogP contribution < -0.4 is 4.90 Å². The van der Waals surface area contributed by atoms with Crippen LogP contribution in [0.3, 0.4) is 0 Å². The van der Waals surface area contributed by atoms with Gasteiger partial charge in [-0.15, -0.1) is 0 Å². The van der Waals surface area contributed by atoms with Crippen molar-refractivity contribution in [3.63, 3.8) is 0 Å². The average molecular weight is 375 g/mol. The van der Waals surface area contributed by atoms with Crippen LogP contribution in [0.15, 0.2) is 94.9 Å². The molecule has 5 heteroatoms. The maximum Gasteiger partial charge on any atom is 0.214 e. The van der Waals surface area contributed by atoms with Crippen molar-refractivity contribution < 1.29 is 13.2 Å². The molecule has 0 N–H and O–H groups in total. The molecule has 3 aromatic carbocycles. The molecular weight excluding hydrogens is 358 g/mol. The Balaban J connectivity index is 1.91. The van der Waals surface area contributed by atoms with Gasteiger partial charge in [0.2, 0.25) is 15.6 Å². The number of carbonyl (C=O) groups is 1. The number of rotatable bonds is 3. The maximum absolute atomic E-state index is 13.1. The lowest BCUT2D eigenvalue weighted by atomic mass is 10.1. The van der Waals surface area contributed by atoms with Gasteiger partial charge in [0.05, 0.1) is 10.6 Å². The van der Waals surface area contributed by atoms with Gasteiger partial charge in [-0.2, -0.15) is 0 Å². The van der Waals surface area contributed by atoms with Gasteiger partial charge in [-0.3, -0.25) is 4.79 Å². The zero-order chi connectivity index (χ0) is 19.0. The summed E-state index contributed by atoms with van der Waals surface area (Å²) in [6.07, 6.45) is 1.43. The summed E-state index contributed by atoms with van der Waals surface area (Å²) in [5.41, 5.74) is 2.67. The van der Waals surface area contributed by atoms with E-state index in [0.717, 1.165) is 11.3 Å². The van der Waals surface area contributed by atoms with Gasteiger partial charge >= 0.3 is 0 Å². The molecule has 0 fully saturated rings. The van der Waals surface area contributed by atoms with E-state index in [1.165, 1.54) is 12.3 Å². The summed E-state index contributed by atoms with van der Waals surface area (Å²) >= 11 is 0. The first kappa shape index (κ1) is 17.2. The molecule has 0 saturated carbocycles. The number of benzene rings is 3. The van der Waals surface area contributed by atoms with Crippen molar-refractivity contribution in [2.75, 3.05) is 4.90 Å². The lowest BCUT2D eigenvalue weighted by Crippen LogP contribution is -2.25. The minimum Gasteiger partial charge on any atom is -0.314 e. The number of sulfone groups is 1. The molecule has 4 rings (SSSR count). The second kappa shape index (κ2) is 6.52. The summed E-state index contributed by atoms with van der Waals surface area (Å²) in [6.45, 7) is 1.91. The Bertz CT molecular complexity index is 1150. The molecule has 134 valence electrons. The van der Waals surface area contributed by atoms with Gasteiger partial charge in [-0.05, 0) is 31.2 Å². The zero-order valence-corrected chi connectivity index (χ0v) is 15.5. The van der Waals surface area contributed by atoms with E-state index in [1.54, 1.807) is 47.4 Å². The average Bonchev–Trinajstić information content (AvgIpc) is 2.69. The number of hydrogen-bond donors (Lipinski definition) is 0. The normalized spacial score (nSPS) is 15.0. The maximum atomic E-state index is 13.1. The Morgan fingerprint density at radius 2 is 1.44 bits per heavy atom. The van der Waals surface area contributed by atoms with Gasteiger partial charge in [0.25, 0.3) is 0 Å². The minimum atomic E-state index is -3.91. The number of carbonyl (C=O) groups excluding carboxylic acids is 1. The van der Waals surface area contributed by atoms with Crippen LogP contribution in [0, 0.1) is 6.92 Å². The Labute approximate surface area is 158 Å². The fraction of sp³-hybridized carbons (Fsp3) is 0.0455. The standard InChI is InChI=1S/C22H17NO3S/c1-16-11-13-17(14-12-16)22(24)21-15-23(18-7-3-2-4-8-18)19-9-5-6-10-20(19)27(21,25)26/h2-15H,1H3. The fourth-order valence-electron chi connectivity index (χ4n) is 3.09. The number of para-hydroxylation sites is 2. The van der Waals surface area contributed by atoms with Crippen molar-refractivity contribution in [1.29, 1.82) is 0 Å². The first-order chi connectivity index (χ1) is 13.0. The molecule has 0 bridgehead atoms. The van der Waals surface area contributed by atoms with E-state index in [0.29, 0.717) is 11.3 Å². The van der Waals surface area contributed by atoms with Gasteiger partial charge < -0.3 is 4.90 Å². The van der Waals surface area contributed by atoms with E-state index in [1.807, 2.05) is 37.3 Å². The van der Waals surface area contributed by atoms with Gasteiger partial charge in [0, 0.05) is 17.5 Å². The number of aryl methyl sites for hydroxylation is 1. The van der Waals surface area contributed by atoms with E-state index in [2.05, 4.69) is 0 Å². The Morgan fingerprint density at radius 1 is 0.815 bits per heavy atom. The van der Waals surface area contributed by atoms with Crippen LogP contribution in [0.4, 0.5) is 11.4 Å². The molecule has 0 saturated heterocycles. The SMILES string of the molecule is Cc1ccc(C(=O)C2=CN(c3ccccc3)c3ccccc3S2(=O)=O)cc1. The highest BCUT2D eigenvalue weighted by Gasteiger charge is 2.35. The van der Waals surface area contributed by atoms with E-state index in [4.69, 9.17) is 0 Å². The second-order valence-corrected chi connectivity index (χ2v) is 8.25. The van der Waals surface area contributed by atoms with E-state index in [9.17, 15) is 13.2 Å². The third-order valence-electron chi connectivity index (χ3n) is 4.52. The molecule has 1 aliphatic heterocycles. The van der Waals surface area contributed by atoms with Gasteiger partial charge in [0.15, 0.2) is 0 Å². The summed E-state index contributed by atoms with van der Waals surface area (Å²) in [6, 6.07) is 23.0. The molecule has 4 nitrogen and oxygen atoms in total. The molecule has 27 heavy (non-hydrogen) atoms. The molecule has 0 amide bonds. The summed E-state index contributed by atoms with van der Waals surface area (Å²) in [5, 5.41) is 0. The molecule has 0 aliphatic carbocycles. The summed E-state index contributed by atoms with van der Waals surface area (Å²) in [4.78, 5) is 14.7. The van der Waals surface area contributed by atoms with Crippen LogP contribution in [-0.4, -0.2) is 14.2 Å². The molecule has 0 spiro atoms. The van der Waals surface area contributed by atoms with E-state index < -0.39 is 15.6 Å². The van der Waals surface area contributed by atoms with Crippen molar-refractivity contribution in [2.45, 2.75) is 11.8 Å². The number of nitrogens with zero attached hydrogens (tertiary/aromatic N) is 1. The predicted molar refractivity (Wildman–Crippen MR) is 106 cm³/mol. The zero-order valence-electron chi connectivity index (χ0n) is 14.7.